The molecule has 0 aliphatic heterocycles. The minimum atomic E-state index is -0.730. The predicted octanol–water partition coefficient (Wildman–Crippen LogP) is 2.66. The van der Waals surface area contributed by atoms with E-state index in [1.165, 1.54) is 10.7 Å². The number of thiophene rings is 1. The summed E-state index contributed by atoms with van der Waals surface area (Å²) in [5.74, 6) is 0. The molecule has 2 aromatic heterocycles. The van der Waals surface area contributed by atoms with Gasteiger partial charge in [-0.3, -0.25) is 10.1 Å². The molecule has 2 heterocycles. The molecule has 0 aromatic carbocycles. The predicted molar refractivity (Wildman–Crippen MR) is 66.4 cm³/mol. The molecule has 0 aliphatic rings. The first-order valence-electron chi connectivity index (χ1n) is 4.65. The summed E-state index contributed by atoms with van der Waals surface area (Å²) in [5, 5.41) is 24.7. The molecule has 1 N–H and O–H groups in total. The van der Waals surface area contributed by atoms with Gasteiger partial charge in [0.25, 0.3) is 0 Å². The van der Waals surface area contributed by atoms with Crippen molar-refractivity contribution in [3.63, 3.8) is 0 Å². The maximum atomic E-state index is 10.9. The van der Waals surface area contributed by atoms with E-state index in [0.29, 0.717) is 9.88 Å². The Hall–Kier alpha value is -1.25. The number of hydrogen-bond acceptors (Lipinski definition) is 5. The zero-order valence-corrected chi connectivity index (χ0v) is 11.1. The molecule has 1 atom stereocenters. The van der Waals surface area contributed by atoms with Gasteiger partial charge in [-0.15, -0.1) is 11.3 Å². The van der Waals surface area contributed by atoms with Crippen molar-refractivity contribution in [3.8, 4) is 5.00 Å². The third kappa shape index (κ3) is 2.38. The number of halogens is 1. The summed E-state index contributed by atoms with van der Waals surface area (Å²) in [6, 6.07) is 1.38. The Morgan fingerprint density at radius 3 is 2.88 bits per heavy atom. The van der Waals surface area contributed by atoms with Crippen molar-refractivity contribution >= 4 is 33.0 Å². The number of aromatic nitrogens is 2. The molecular weight excluding hydrogens is 310 g/mol. The van der Waals surface area contributed by atoms with E-state index in [4.69, 9.17) is 0 Å². The van der Waals surface area contributed by atoms with Crippen LogP contribution in [0.15, 0.2) is 22.9 Å². The lowest BCUT2D eigenvalue weighted by Gasteiger charge is -1.97. The van der Waals surface area contributed by atoms with Gasteiger partial charge in [0.2, 0.25) is 0 Å². The Morgan fingerprint density at radius 2 is 2.41 bits per heavy atom. The summed E-state index contributed by atoms with van der Waals surface area (Å²) in [6.45, 7) is 1.57. The number of nitrogens with zero attached hydrogens (tertiary/aromatic N) is 3. The van der Waals surface area contributed by atoms with Gasteiger partial charge in [-0.2, -0.15) is 5.10 Å². The fourth-order valence-corrected chi connectivity index (χ4v) is 2.58. The van der Waals surface area contributed by atoms with Gasteiger partial charge in [-0.1, -0.05) is 0 Å². The van der Waals surface area contributed by atoms with Crippen LogP contribution in [-0.4, -0.2) is 19.8 Å². The molecule has 0 aliphatic carbocycles. The third-order valence-corrected chi connectivity index (χ3v) is 3.77. The van der Waals surface area contributed by atoms with Crippen molar-refractivity contribution < 1.29 is 10.0 Å². The molecular formula is C9H8BrN3O3S. The molecule has 90 valence electrons. The van der Waals surface area contributed by atoms with E-state index in [1.807, 2.05) is 0 Å². The molecule has 2 aromatic rings. The van der Waals surface area contributed by atoms with Crippen molar-refractivity contribution in [2.45, 2.75) is 13.0 Å². The van der Waals surface area contributed by atoms with Crippen LogP contribution in [0.2, 0.25) is 0 Å². The lowest BCUT2D eigenvalue weighted by Crippen LogP contribution is -1.95. The van der Waals surface area contributed by atoms with Gasteiger partial charge >= 0.3 is 5.69 Å². The normalized spacial score (nSPS) is 12.6. The molecule has 2 rings (SSSR count). The Morgan fingerprint density at radius 1 is 1.71 bits per heavy atom. The fraction of sp³-hybridized carbons (Fsp3) is 0.222. The Balaban J connectivity index is 2.55. The molecule has 0 radical (unpaired) electrons. The van der Waals surface area contributed by atoms with E-state index in [2.05, 4.69) is 21.0 Å². The summed E-state index contributed by atoms with van der Waals surface area (Å²) >= 11 is 4.38. The number of nitro groups is 1. The highest BCUT2D eigenvalue weighted by Crippen LogP contribution is 2.35. The standard InChI is InChI=1S/C9H8BrN3O3S/c1-5(14)8-2-7(13(15)16)9(17-8)12-4-6(10)3-11-12/h2-5,14H,1H3/t5-/m0/s1. The Kier molecular flexibility index (Phi) is 3.27. The highest BCUT2D eigenvalue weighted by Gasteiger charge is 2.22. The van der Waals surface area contributed by atoms with Gasteiger partial charge in [0.1, 0.15) is 0 Å². The quantitative estimate of drug-likeness (QED) is 0.697. The molecule has 17 heavy (non-hydrogen) atoms. The minimum Gasteiger partial charge on any atom is -0.388 e. The lowest BCUT2D eigenvalue weighted by atomic mass is 10.3. The second-order valence-electron chi connectivity index (χ2n) is 3.38. The van der Waals surface area contributed by atoms with Crippen LogP contribution < -0.4 is 0 Å². The van der Waals surface area contributed by atoms with E-state index in [1.54, 1.807) is 19.3 Å². The average Bonchev–Trinajstić information content (AvgIpc) is 2.82. The molecule has 0 bridgehead atoms. The fourth-order valence-electron chi connectivity index (χ4n) is 1.30. The van der Waals surface area contributed by atoms with Crippen molar-refractivity contribution in [1.29, 1.82) is 0 Å². The summed E-state index contributed by atoms with van der Waals surface area (Å²) in [4.78, 5) is 11.0. The van der Waals surface area contributed by atoms with Crippen LogP contribution in [0.25, 0.3) is 5.00 Å². The maximum absolute atomic E-state index is 10.9. The molecule has 0 unspecified atom stereocenters. The van der Waals surface area contributed by atoms with E-state index in [9.17, 15) is 15.2 Å². The van der Waals surface area contributed by atoms with Crippen LogP contribution in [0.1, 0.15) is 17.9 Å². The largest absolute Gasteiger partial charge is 0.388 e. The van der Waals surface area contributed by atoms with E-state index >= 15 is 0 Å². The zero-order chi connectivity index (χ0) is 12.6. The summed E-state index contributed by atoms with van der Waals surface area (Å²) in [7, 11) is 0. The van der Waals surface area contributed by atoms with Gasteiger partial charge in [-0.25, -0.2) is 4.68 Å². The van der Waals surface area contributed by atoms with Gasteiger partial charge < -0.3 is 5.11 Å². The van der Waals surface area contributed by atoms with Crippen LogP contribution in [0, 0.1) is 10.1 Å². The van der Waals surface area contributed by atoms with Crippen LogP contribution in [-0.2, 0) is 0 Å². The second-order valence-corrected chi connectivity index (χ2v) is 5.35. The topological polar surface area (TPSA) is 81.2 Å². The third-order valence-electron chi connectivity index (χ3n) is 2.08. The van der Waals surface area contributed by atoms with Gasteiger partial charge in [0, 0.05) is 17.1 Å². The SMILES string of the molecule is C[C@H](O)c1cc([N+](=O)[O-])c(-n2cc(Br)cn2)s1. The smallest absolute Gasteiger partial charge is 0.306 e. The van der Waals surface area contributed by atoms with Crippen LogP contribution in [0.5, 0.6) is 0 Å². The first-order valence-corrected chi connectivity index (χ1v) is 6.26. The van der Waals surface area contributed by atoms with Crippen molar-refractivity contribution in [3.05, 3.63) is 37.9 Å². The number of hydrogen-bond donors (Lipinski definition) is 1. The summed E-state index contributed by atoms with van der Waals surface area (Å²) in [6.07, 6.45) is 2.45. The van der Waals surface area contributed by atoms with Crippen molar-refractivity contribution in [2.75, 3.05) is 0 Å². The van der Waals surface area contributed by atoms with E-state index in [0.717, 1.165) is 15.8 Å². The minimum absolute atomic E-state index is 0.0542. The first kappa shape index (κ1) is 12.2. The Bertz CT molecular complexity index is 564. The number of rotatable bonds is 3. The number of aliphatic hydroxyl groups is 1. The highest BCUT2D eigenvalue weighted by molar-refractivity contribution is 9.10. The van der Waals surface area contributed by atoms with Crippen molar-refractivity contribution in [2.24, 2.45) is 0 Å². The monoisotopic (exact) mass is 317 g/mol. The summed E-state index contributed by atoms with van der Waals surface area (Å²) in [5.41, 5.74) is -0.0542. The highest BCUT2D eigenvalue weighted by atomic mass is 79.9. The zero-order valence-electron chi connectivity index (χ0n) is 8.70. The van der Waals surface area contributed by atoms with Gasteiger partial charge in [0.05, 0.1) is 21.7 Å². The van der Waals surface area contributed by atoms with Gasteiger partial charge in [0.15, 0.2) is 5.00 Å². The van der Waals surface area contributed by atoms with E-state index < -0.39 is 11.0 Å². The first-order chi connectivity index (χ1) is 7.99. The maximum Gasteiger partial charge on any atom is 0.306 e. The van der Waals surface area contributed by atoms with Crippen LogP contribution in [0.4, 0.5) is 5.69 Å². The molecule has 0 amide bonds. The second kappa shape index (κ2) is 4.55. The average molecular weight is 318 g/mol. The van der Waals surface area contributed by atoms with Crippen LogP contribution >= 0.6 is 27.3 Å². The molecule has 0 saturated carbocycles. The molecule has 8 heteroatoms. The van der Waals surface area contributed by atoms with Gasteiger partial charge in [-0.05, 0) is 22.9 Å². The summed E-state index contributed by atoms with van der Waals surface area (Å²) < 4.78 is 2.15. The number of aliphatic hydroxyl groups excluding tert-OH is 1. The van der Waals surface area contributed by atoms with Crippen LogP contribution in [0.3, 0.4) is 0 Å². The molecule has 0 fully saturated rings. The molecule has 6 nitrogen and oxygen atoms in total. The molecule has 0 spiro atoms. The van der Waals surface area contributed by atoms with Crippen molar-refractivity contribution in [1.82, 2.24) is 9.78 Å². The van der Waals surface area contributed by atoms with E-state index in [-0.39, 0.29) is 5.69 Å². The lowest BCUT2D eigenvalue weighted by molar-refractivity contribution is -0.384. The Labute approximate surface area is 109 Å². The molecule has 0 saturated heterocycles.